The lowest BCUT2D eigenvalue weighted by atomic mass is 10.1. The monoisotopic (exact) mass is 331 g/mol. The third-order valence-corrected chi connectivity index (χ3v) is 4.06. The van der Waals surface area contributed by atoms with Crippen molar-refractivity contribution >= 4 is 11.7 Å². The zero-order valence-electron chi connectivity index (χ0n) is 15.2. The smallest absolute Gasteiger partial charge is 0.239 e. The number of carbonyl (C=O) groups excluding carboxylic acids is 1. The molecule has 1 aromatic rings. The molecule has 24 heavy (non-hydrogen) atoms. The zero-order chi connectivity index (χ0) is 17.9. The van der Waals surface area contributed by atoms with Crippen molar-refractivity contribution < 1.29 is 4.79 Å². The van der Waals surface area contributed by atoms with Gasteiger partial charge in [0, 0.05) is 19.3 Å². The lowest BCUT2D eigenvalue weighted by molar-refractivity contribution is -0.120. The molecular formula is C18H29N5O. The van der Waals surface area contributed by atoms with E-state index in [0.29, 0.717) is 11.4 Å². The number of likely N-dealkylation sites (N-methyl/N-ethyl adjacent to an activating group) is 1. The molecule has 0 fully saturated rings. The molecule has 1 unspecified atom stereocenters. The molecule has 0 aliphatic carbocycles. The highest BCUT2D eigenvalue weighted by Gasteiger charge is 2.11. The first-order chi connectivity index (χ1) is 11.5. The summed E-state index contributed by atoms with van der Waals surface area (Å²) in [5.41, 5.74) is 0.512. The number of hydrogen-bond donors (Lipinski definition) is 1. The third-order valence-electron chi connectivity index (χ3n) is 4.06. The number of rotatable bonds is 10. The van der Waals surface area contributed by atoms with Gasteiger partial charge in [-0.2, -0.15) is 5.26 Å². The van der Waals surface area contributed by atoms with Gasteiger partial charge in [-0.15, -0.1) is 0 Å². The second-order valence-electron chi connectivity index (χ2n) is 6.01. The fourth-order valence-corrected chi connectivity index (χ4v) is 2.53. The van der Waals surface area contributed by atoms with E-state index < -0.39 is 0 Å². The lowest BCUT2D eigenvalue weighted by Gasteiger charge is -2.21. The van der Waals surface area contributed by atoms with Gasteiger partial charge >= 0.3 is 0 Å². The van der Waals surface area contributed by atoms with Crippen LogP contribution in [0.1, 0.15) is 39.2 Å². The molecule has 1 aromatic heterocycles. The van der Waals surface area contributed by atoms with Crippen molar-refractivity contribution in [1.29, 1.82) is 5.26 Å². The number of nitrogens with one attached hydrogen (secondary N) is 1. The van der Waals surface area contributed by atoms with Gasteiger partial charge in [0.2, 0.25) is 5.91 Å². The van der Waals surface area contributed by atoms with Crippen molar-refractivity contribution in [3.05, 3.63) is 23.9 Å². The van der Waals surface area contributed by atoms with Crippen molar-refractivity contribution in [2.24, 2.45) is 0 Å². The maximum absolute atomic E-state index is 12.1. The Morgan fingerprint density at radius 3 is 2.62 bits per heavy atom. The number of pyridine rings is 1. The summed E-state index contributed by atoms with van der Waals surface area (Å²) in [5, 5.41) is 11.8. The summed E-state index contributed by atoms with van der Waals surface area (Å²) in [5.74, 6) is 0.664. The van der Waals surface area contributed by atoms with Crippen LogP contribution in [0.5, 0.6) is 0 Å². The number of aromatic nitrogens is 1. The Kier molecular flexibility index (Phi) is 8.80. The Bertz CT molecular complexity index is 533. The van der Waals surface area contributed by atoms with E-state index >= 15 is 0 Å². The molecule has 1 N–H and O–H groups in total. The Labute approximate surface area is 145 Å². The molecule has 0 bridgehead atoms. The summed E-state index contributed by atoms with van der Waals surface area (Å²) in [6.45, 7) is 9.84. The lowest BCUT2D eigenvalue weighted by Crippen LogP contribution is -2.40. The van der Waals surface area contributed by atoms with Crippen LogP contribution in [-0.4, -0.2) is 55.1 Å². The van der Waals surface area contributed by atoms with E-state index in [9.17, 15) is 4.79 Å². The SMILES string of the molecule is CCN(CC)CCCC(C)NC(=O)CN(C)c1ccc(C#N)cn1. The van der Waals surface area contributed by atoms with Crippen molar-refractivity contribution in [2.45, 2.75) is 39.7 Å². The van der Waals surface area contributed by atoms with Crippen LogP contribution in [0.25, 0.3) is 0 Å². The maximum atomic E-state index is 12.1. The standard InChI is InChI=1S/C18H29N5O/c1-5-23(6-2)11-7-8-15(3)21-18(24)14-22(4)17-10-9-16(12-19)13-20-17/h9-10,13,15H,5-8,11,14H2,1-4H3,(H,21,24). The topological polar surface area (TPSA) is 72.3 Å². The molecule has 6 nitrogen and oxygen atoms in total. The van der Waals surface area contributed by atoms with Crippen molar-refractivity contribution in [3.63, 3.8) is 0 Å². The van der Waals surface area contributed by atoms with Gasteiger partial charge in [-0.25, -0.2) is 4.98 Å². The Hall–Kier alpha value is -2.13. The number of anilines is 1. The van der Waals surface area contributed by atoms with Gasteiger partial charge < -0.3 is 15.1 Å². The van der Waals surface area contributed by atoms with Crippen LogP contribution in [0, 0.1) is 11.3 Å². The molecule has 0 saturated heterocycles. The summed E-state index contributed by atoms with van der Waals surface area (Å²) >= 11 is 0. The fraction of sp³-hybridized carbons (Fsp3) is 0.611. The molecule has 0 aromatic carbocycles. The first-order valence-electron chi connectivity index (χ1n) is 8.59. The van der Waals surface area contributed by atoms with Crippen LogP contribution in [0.2, 0.25) is 0 Å². The predicted octanol–water partition coefficient (Wildman–Crippen LogP) is 2.02. The molecule has 0 radical (unpaired) electrons. The summed E-state index contributed by atoms with van der Waals surface area (Å²) in [6.07, 6.45) is 3.57. The number of amides is 1. The van der Waals surface area contributed by atoms with E-state index in [1.54, 1.807) is 17.0 Å². The minimum atomic E-state index is -0.0148. The Balaban J connectivity index is 2.34. The molecule has 1 atom stereocenters. The van der Waals surface area contributed by atoms with Gasteiger partial charge in [-0.1, -0.05) is 13.8 Å². The number of carbonyl (C=O) groups is 1. The average molecular weight is 331 g/mol. The normalized spacial score (nSPS) is 11.8. The van der Waals surface area contributed by atoms with Gasteiger partial charge in [0.15, 0.2) is 0 Å². The van der Waals surface area contributed by atoms with Crippen LogP contribution < -0.4 is 10.2 Å². The molecule has 0 aliphatic rings. The summed E-state index contributed by atoms with van der Waals surface area (Å²) in [4.78, 5) is 20.5. The maximum Gasteiger partial charge on any atom is 0.239 e. The van der Waals surface area contributed by atoms with Crippen LogP contribution in [0.4, 0.5) is 5.82 Å². The molecule has 6 heteroatoms. The van der Waals surface area contributed by atoms with E-state index in [1.807, 2.05) is 20.0 Å². The molecule has 0 spiro atoms. The summed E-state index contributed by atoms with van der Waals surface area (Å²) in [6, 6.07) is 5.64. The van der Waals surface area contributed by atoms with Gasteiger partial charge in [-0.3, -0.25) is 4.79 Å². The highest BCUT2D eigenvalue weighted by molar-refractivity contribution is 5.81. The molecule has 0 saturated carbocycles. The summed E-state index contributed by atoms with van der Waals surface area (Å²) in [7, 11) is 1.82. The van der Waals surface area contributed by atoms with Crippen LogP contribution >= 0.6 is 0 Å². The second-order valence-corrected chi connectivity index (χ2v) is 6.01. The quantitative estimate of drug-likeness (QED) is 0.710. The van der Waals surface area contributed by atoms with Gasteiger partial charge in [-0.05, 0) is 51.5 Å². The molecule has 1 amide bonds. The van der Waals surface area contributed by atoms with E-state index in [-0.39, 0.29) is 18.5 Å². The average Bonchev–Trinajstić information content (AvgIpc) is 2.58. The van der Waals surface area contributed by atoms with Crippen molar-refractivity contribution in [2.75, 3.05) is 38.1 Å². The molecule has 1 heterocycles. The van der Waals surface area contributed by atoms with Crippen LogP contribution in [-0.2, 0) is 4.79 Å². The van der Waals surface area contributed by atoms with E-state index in [4.69, 9.17) is 5.26 Å². The molecule has 0 aliphatic heterocycles. The number of nitriles is 1. The van der Waals surface area contributed by atoms with E-state index in [2.05, 4.69) is 29.0 Å². The summed E-state index contributed by atoms with van der Waals surface area (Å²) < 4.78 is 0. The van der Waals surface area contributed by atoms with Crippen LogP contribution in [0.15, 0.2) is 18.3 Å². The van der Waals surface area contributed by atoms with Crippen molar-refractivity contribution in [3.8, 4) is 6.07 Å². The molecular weight excluding hydrogens is 302 g/mol. The zero-order valence-corrected chi connectivity index (χ0v) is 15.2. The van der Waals surface area contributed by atoms with Gasteiger partial charge in [0.1, 0.15) is 11.9 Å². The molecule has 1 rings (SSSR count). The Morgan fingerprint density at radius 1 is 1.38 bits per heavy atom. The van der Waals surface area contributed by atoms with Gasteiger partial charge in [0.05, 0.1) is 12.1 Å². The van der Waals surface area contributed by atoms with Gasteiger partial charge in [0.25, 0.3) is 0 Å². The van der Waals surface area contributed by atoms with E-state index in [1.165, 1.54) is 6.20 Å². The second kappa shape index (κ2) is 10.6. The minimum Gasteiger partial charge on any atom is -0.352 e. The largest absolute Gasteiger partial charge is 0.352 e. The predicted molar refractivity (Wildman–Crippen MR) is 96.8 cm³/mol. The highest BCUT2D eigenvalue weighted by atomic mass is 16.2. The highest BCUT2D eigenvalue weighted by Crippen LogP contribution is 2.08. The van der Waals surface area contributed by atoms with Crippen molar-refractivity contribution in [1.82, 2.24) is 15.2 Å². The number of nitrogens with zero attached hydrogens (tertiary/aromatic N) is 4. The number of hydrogen-bond acceptors (Lipinski definition) is 5. The van der Waals surface area contributed by atoms with Crippen LogP contribution in [0.3, 0.4) is 0 Å². The molecule has 132 valence electrons. The van der Waals surface area contributed by atoms with E-state index in [0.717, 1.165) is 32.5 Å². The first kappa shape index (κ1) is 19.9. The third kappa shape index (κ3) is 6.97. The minimum absolute atomic E-state index is 0.0148. The Morgan fingerprint density at radius 2 is 2.08 bits per heavy atom. The first-order valence-corrected chi connectivity index (χ1v) is 8.59. The fourth-order valence-electron chi connectivity index (χ4n) is 2.53.